The molecule has 1 heterocycles. The molecule has 0 radical (unpaired) electrons. The van der Waals surface area contributed by atoms with Crippen molar-refractivity contribution in [1.82, 2.24) is 0 Å². The van der Waals surface area contributed by atoms with E-state index < -0.39 is 6.04 Å². The number of piperazine rings is 1. The predicted octanol–water partition coefficient (Wildman–Crippen LogP) is 4.94. The summed E-state index contributed by atoms with van der Waals surface area (Å²) >= 11 is 3.44. The molecule has 0 bridgehead atoms. The molecule has 3 aromatic carbocycles. The zero-order chi connectivity index (χ0) is 22.1. The number of rotatable bonds is 4. The van der Waals surface area contributed by atoms with E-state index in [1.165, 1.54) is 0 Å². The Morgan fingerprint density at radius 2 is 1.42 bits per heavy atom. The van der Waals surface area contributed by atoms with Crippen LogP contribution >= 0.6 is 15.9 Å². The summed E-state index contributed by atoms with van der Waals surface area (Å²) in [5.74, 6) is -0.242. The second-order valence-electron chi connectivity index (χ2n) is 7.89. The molecule has 5 nitrogen and oxygen atoms in total. The number of hydrogen-bond acceptors (Lipinski definition) is 3. The monoisotopic (exact) mass is 477 g/mol. The van der Waals surface area contributed by atoms with E-state index >= 15 is 0 Å². The van der Waals surface area contributed by atoms with Gasteiger partial charge < -0.3 is 9.80 Å². The molecule has 6 heteroatoms. The molecule has 1 fully saturated rings. The molecule has 31 heavy (non-hydrogen) atoms. The molecule has 1 aliphatic rings. The van der Waals surface area contributed by atoms with Gasteiger partial charge in [0.2, 0.25) is 5.91 Å². The van der Waals surface area contributed by atoms with Gasteiger partial charge in [-0.25, -0.2) is 0 Å². The number of benzene rings is 3. The average Bonchev–Trinajstić information content (AvgIpc) is 2.76. The van der Waals surface area contributed by atoms with Crippen LogP contribution in [-0.4, -0.2) is 32.5 Å². The number of anilines is 3. The number of carbonyl (C=O) groups excluding carboxylic acids is 2. The van der Waals surface area contributed by atoms with Crippen LogP contribution in [-0.2, 0) is 9.59 Å². The van der Waals surface area contributed by atoms with Crippen LogP contribution in [0, 0.1) is 6.92 Å². The number of aryl methyl sites for hydroxylation is 1. The van der Waals surface area contributed by atoms with E-state index in [1.807, 2.05) is 98.7 Å². The first-order chi connectivity index (χ1) is 14.8. The van der Waals surface area contributed by atoms with Gasteiger partial charge in [0.15, 0.2) is 0 Å². The third-order valence-corrected chi connectivity index (χ3v) is 6.02. The van der Waals surface area contributed by atoms with E-state index in [-0.39, 0.29) is 18.4 Å². The van der Waals surface area contributed by atoms with Crippen molar-refractivity contribution in [2.45, 2.75) is 13.0 Å². The molecule has 0 aromatic heterocycles. The summed E-state index contributed by atoms with van der Waals surface area (Å²) in [5.41, 5.74) is 4.35. The molecule has 1 atom stereocenters. The second kappa shape index (κ2) is 8.55. The average molecular weight is 478 g/mol. The summed E-state index contributed by atoms with van der Waals surface area (Å²) in [4.78, 5) is 32.3. The Labute approximate surface area is 191 Å². The van der Waals surface area contributed by atoms with Gasteiger partial charge in [0.1, 0.15) is 12.6 Å². The highest BCUT2D eigenvalue weighted by Crippen LogP contribution is 2.35. The van der Waals surface area contributed by atoms with Crippen LogP contribution < -0.4 is 14.7 Å². The van der Waals surface area contributed by atoms with E-state index in [4.69, 9.17) is 0 Å². The van der Waals surface area contributed by atoms with E-state index in [1.54, 1.807) is 9.80 Å². The summed E-state index contributed by atoms with van der Waals surface area (Å²) in [6, 6.07) is 22.2. The molecule has 1 aliphatic heterocycles. The lowest BCUT2D eigenvalue weighted by atomic mass is 9.99. The Bertz CT molecular complexity index is 1090. The minimum absolute atomic E-state index is 0.00421. The van der Waals surface area contributed by atoms with Crippen LogP contribution in [0.2, 0.25) is 0 Å². The van der Waals surface area contributed by atoms with Gasteiger partial charge in [-0.3, -0.25) is 14.5 Å². The molecule has 4 rings (SSSR count). The van der Waals surface area contributed by atoms with Crippen LogP contribution in [0.4, 0.5) is 17.1 Å². The van der Waals surface area contributed by atoms with Crippen molar-refractivity contribution in [2.75, 3.05) is 35.3 Å². The first kappa shape index (κ1) is 21.1. The summed E-state index contributed by atoms with van der Waals surface area (Å²) < 4.78 is 0.917. The van der Waals surface area contributed by atoms with Crippen molar-refractivity contribution in [2.24, 2.45) is 0 Å². The minimum Gasteiger partial charge on any atom is -0.378 e. The Hall–Kier alpha value is -3.12. The van der Waals surface area contributed by atoms with Gasteiger partial charge in [-0.1, -0.05) is 45.8 Å². The lowest BCUT2D eigenvalue weighted by Crippen LogP contribution is -2.56. The van der Waals surface area contributed by atoms with E-state index in [9.17, 15) is 9.59 Å². The van der Waals surface area contributed by atoms with Crippen molar-refractivity contribution >= 4 is 44.8 Å². The van der Waals surface area contributed by atoms with Gasteiger partial charge in [0.05, 0.1) is 0 Å². The quantitative estimate of drug-likeness (QED) is 0.534. The Kier molecular flexibility index (Phi) is 5.83. The van der Waals surface area contributed by atoms with Crippen LogP contribution in [0.5, 0.6) is 0 Å². The van der Waals surface area contributed by atoms with E-state index in [0.29, 0.717) is 5.69 Å². The summed E-state index contributed by atoms with van der Waals surface area (Å²) in [6.07, 6.45) is 0. The van der Waals surface area contributed by atoms with E-state index in [2.05, 4.69) is 15.9 Å². The van der Waals surface area contributed by atoms with Crippen LogP contribution in [0.1, 0.15) is 17.2 Å². The second-order valence-corrected chi connectivity index (χ2v) is 8.80. The molecular formula is C25H24BrN3O2. The molecule has 0 aliphatic carbocycles. The highest BCUT2D eigenvalue weighted by atomic mass is 79.9. The Balaban J connectivity index is 1.79. The Morgan fingerprint density at radius 1 is 0.839 bits per heavy atom. The molecule has 3 aromatic rings. The number of hydrogen-bond donors (Lipinski definition) is 0. The van der Waals surface area contributed by atoms with Crippen LogP contribution in [0.15, 0.2) is 77.3 Å². The van der Waals surface area contributed by atoms with Gasteiger partial charge in [-0.2, -0.15) is 0 Å². The summed E-state index contributed by atoms with van der Waals surface area (Å²) in [7, 11) is 3.94. The topological polar surface area (TPSA) is 43.9 Å². The lowest BCUT2D eigenvalue weighted by Gasteiger charge is -2.40. The predicted molar refractivity (Wildman–Crippen MR) is 129 cm³/mol. The fraction of sp³-hybridized carbons (Fsp3) is 0.200. The number of carbonyl (C=O) groups is 2. The van der Waals surface area contributed by atoms with Crippen molar-refractivity contribution in [1.29, 1.82) is 0 Å². The maximum absolute atomic E-state index is 13.7. The number of halogens is 1. The zero-order valence-electron chi connectivity index (χ0n) is 17.7. The highest BCUT2D eigenvalue weighted by Gasteiger charge is 2.41. The van der Waals surface area contributed by atoms with Gasteiger partial charge in [-0.05, 0) is 61.0 Å². The van der Waals surface area contributed by atoms with Crippen molar-refractivity contribution in [3.63, 3.8) is 0 Å². The van der Waals surface area contributed by atoms with Crippen LogP contribution in [0.3, 0.4) is 0 Å². The lowest BCUT2D eigenvalue weighted by molar-refractivity contribution is -0.128. The number of amides is 2. The molecule has 0 spiro atoms. The largest absolute Gasteiger partial charge is 0.378 e. The third kappa shape index (κ3) is 4.21. The van der Waals surface area contributed by atoms with E-state index in [0.717, 1.165) is 27.0 Å². The maximum Gasteiger partial charge on any atom is 0.255 e. The maximum atomic E-state index is 13.7. The fourth-order valence-electron chi connectivity index (χ4n) is 3.78. The summed E-state index contributed by atoms with van der Waals surface area (Å²) in [5, 5.41) is 0. The third-order valence-electron chi connectivity index (χ3n) is 5.50. The molecular weight excluding hydrogens is 454 g/mol. The minimum atomic E-state index is -0.736. The first-order valence-corrected chi connectivity index (χ1v) is 10.9. The SMILES string of the molecule is Cc1ccc(N2CC(=O)N(c3ccc(Br)cc3)[C@@H](c3ccc(N(C)C)cc3)C2=O)cc1. The number of nitrogens with zero attached hydrogens (tertiary/aromatic N) is 3. The highest BCUT2D eigenvalue weighted by molar-refractivity contribution is 9.10. The molecule has 0 N–H and O–H groups in total. The first-order valence-electron chi connectivity index (χ1n) is 10.1. The van der Waals surface area contributed by atoms with Gasteiger partial charge >= 0.3 is 0 Å². The normalized spacial score (nSPS) is 16.6. The van der Waals surface area contributed by atoms with Crippen molar-refractivity contribution in [3.8, 4) is 0 Å². The van der Waals surface area contributed by atoms with Gasteiger partial charge in [-0.15, -0.1) is 0 Å². The van der Waals surface area contributed by atoms with Crippen molar-refractivity contribution < 1.29 is 9.59 Å². The van der Waals surface area contributed by atoms with Gasteiger partial charge in [0, 0.05) is 35.6 Å². The Morgan fingerprint density at radius 3 is 2.00 bits per heavy atom. The van der Waals surface area contributed by atoms with Crippen LogP contribution in [0.25, 0.3) is 0 Å². The van der Waals surface area contributed by atoms with Crippen molar-refractivity contribution in [3.05, 3.63) is 88.4 Å². The molecule has 0 unspecified atom stereocenters. The standard InChI is InChI=1S/C25H24BrN3O2/c1-17-4-10-21(11-5-17)28-16-23(30)29(22-14-8-19(26)9-15-22)24(25(28)31)18-6-12-20(13-7-18)27(2)3/h4-15,24H,16H2,1-3H3/t24-/m0/s1. The summed E-state index contributed by atoms with van der Waals surface area (Å²) in [6.45, 7) is 2.00. The smallest absolute Gasteiger partial charge is 0.255 e. The molecule has 0 saturated carbocycles. The molecule has 1 saturated heterocycles. The zero-order valence-corrected chi connectivity index (χ0v) is 19.3. The fourth-order valence-corrected chi connectivity index (χ4v) is 4.04. The molecule has 158 valence electrons. The van der Waals surface area contributed by atoms with Gasteiger partial charge in [0.25, 0.3) is 5.91 Å². The molecule has 2 amide bonds.